The van der Waals surface area contributed by atoms with E-state index in [0.717, 1.165) is 34.3 Å². The van der Waals surface area contributed by atoms with Gasteiger partial charge in [0.2, 0.25) is 0 Å². The van der Waals surface area contributed by atoms with Gasteiger partial charge >= 0.3 is 0 Å². The first-order valence-corrected chi connectivity index (χ1v) is 19.7. The molecule has 10 rings (SSSR count). The van der Waals surface area contributed by atoms with Crippen LogP contribution in [-0.4, -0.2) is 0 Å². The quantitative estimate of drug-likeness (QED) is 0.180. The zero-order chi connectivity index (χ0) is 35.4. The average Bonchev–Trinajstić information content (AvgIpc) is 3.64. The number of rotatable bonds is 5. The molecule has 4 unspecified atom stereocenters. The first-order chi connectivity index (χ1) is 25.2. The fourth-order valence-electron chi connectivity index (χ4n) is 11.4. The molecule has 0 saturated heterocycles. The van der Waals surface area contributed by atoms with Crippen molar-refractivity contribution in [1.82, 2.24) is 0 Å². The smallest absolute Gasteiger partial charge is 0.143 e. The minimum Gasteiger partial charge on any atom is -0.455 e. The van der Waals surface area contributed by atoms with Crippen molar-refractivity contribution in [3.8, 4) is 11.1 Å². The zero-order valence-corrected chi connectivity index (χ0v) is 31.3. The maximum atomic E-state index is 6.64. The molecule has 2 fully saturated rings. The highest BCUT2D eigenvalue weighted by molar-refractivity contribution is 6.20. The molecule has 0 N–H and O–H groups in total. The van der Waals surface area contributed by atoms with Crippen molar-refractivity contribution in [2.75, 3.05) is 4.90 Å². The van der Waals surface area contributed by atoms with Gasteiger partial charge in [-0.05, 0) is 132 Å². The van der Waals surface area contributed by atoms with Gasteiger partial charge in [-0.25, -0.2) is 0 Å². The number of fused-ring (bicyclic) bond motifs is 10. The SMILES string of the molecule is CCC1CC2CC(C)CC(c3ccc(N(c4ccc5c(c4)C(C)(C)c4ccccc4-5)c4cc5c(oc6cccc(C)c65)c5ccccc45)cc3)(C1)C2. The number of nitrogens with zero attached hydrogens (tertiary/aromatic N) is 1. The number of hydrogen-bond acceptors (Lipinski definition) is 2. The molecular formula is C50H49NO. The Morgan fingerprint density at radius 2 is 1.44 bits per heavy atom. The van der Waals surface area contributed by atoms with Crippen molar-refractivity contribution >= 4 is 49.8 Å². The van der Waals surface area contributed by atoms with Gasteiger partial charge < -0.3 is 9.32 Å². The van der Waals surface area contributed by atoms with Crippen LogP contribution in [-0.2, 0) is 10.8 Å². The van der Waals surface area contributed by atoms with E-state index in [1.54, 1.807) is 5.56 Å². The predicted molar refractivity (Wildman–Crippen MR) is 219 cm³/mol. The molecule has 7 aromatic rings. The summed E-state index contributed by atoms with van der Waals surface area (Å²) in [6, 6.07) is 43.6. The molecule has 0 aliphatic heterocycles. The van der Waals surface area contributed by atoms with Crippen LogP contribution >= 0.6 is 0 Å². The van der Waals surface area contributed by atoms with E-state index in [4.69, 9.17) is 4.42 Å². The van der Waals surface area contributed by atoms with Gasteiger partial charge in [-0.3, -0.25) is 0 Å². The van der Waals surface area contributed by atoms with Crippen molar-refractivity contribution < 1.29 is 4.42 Å². The number of hydrogen-bond donors (Lipinski definition) is 0. The highest BCUT2D eigenvalue weighted by Gasteiger charge is 2.46. The molecule has 2 nitrogen and oxygen atoms in total. The van der Waals surface area contributed by atoms with Gasteiger partial charge in [0.1, 0.15) is 11.2 Å². The Hall–Kier alpha value is -4.82. The number of furan rings is 1. The van der Waals surface area contributed by atoms with E-state index in [1.165, 1.54) is 99.6 Å². The molecule has 6 aromatic carbocycles. The first kappa shape index (κ1) is 31.9. The lowest BCUT2D eigenvalue weighted by molar-refractivity contribution is 0.0702. The Balaban J connectivity index is 1.19. The Labute approximate surface area is 308 Å². The minimum absolute atomic E-state index is 0.0917. The summed E-state index contributed by atoms with van der Waals surface area (Å²) in [7, 11) is 0. The lowest BCUT2D eigenvalue weighted by Gasteiger charge is -2.51. The van der Waals surface area contributed by atoms with E-state index >= 15 is 0 Å². The molecule has 1 aromatic heterocycles. The van der Waals surface area contributed by atoms with Gasteiger partial charge in [-0.2, -0.15) is 0 Å². The maximum absolute atomic E-state index is 6.64. The van der Waals surface area contributed by atoms with Gasteiger partial charge in [0.05, 0.1) is 5.69 Å². The lowest BCUT2D eigenvalue weighted by Crippen LogP contribution is -2.42. The topological polar surface area (TPSA) is 16.4 Å². The largest absolute Gasteiger partial charge is 0.455 e. The van der Waals surface area contributed by atoms with Gasteiger partial charge in [-0.1, -0.05) is 113 Å². The Morgan fingerprint density at radius 1 is 0.692 bits per heavy atom. The monoisotopic (exact) mass is 679 g/mol. The highest BCUT2D eigenvalue weighted by atomic mass is 16.3. The molecule has 260 valence electrons. The van der Waals surface area contributed by atoms with E-state index in [2.05, 4.69) is 155 Å². The molecule has 0 amide bonds. The Morgan fingerprint density at radius 3 is 2.27 bits per heavy atom. The lowest BCUT2D eigenvalue weighted by atomic mass is 9.54. The third-order valence-corrected chi connectivity index (χ3v) is 13.6. The summed E-state index contributed by atoms with van der Waals surface area (Å²) in [4.78, 5) is 2.53. The van der Waals surface area contributed by atoms with Crippen LogP contribution in [0.1, 0.15) is 88.5 Å². The number of aryl methyl sites for hydroxylation is 1. The van der Waals surface area contributed by atoms with Crippen LogP contribution in [0.3, 0.4) is 0 Å². The molecule has 0 spiro atoms. The fraction of sp³-hybridized carbons (Fsp3) is 0.320. The molecule has 0 radical (unpaired) electrons. The predicted octanol–water partition coefficient (Wildman–Crippen LogP) is 14.3. The molecule has 1 heterocycles. The minimum atomic E-state index is -0.0917. The number of benzene rings is 6. The fourth-order valence-corrected chi connectivity index (χ4v) is 11.4. The van der Waals surface area contributed by atoms with Crippen LogP contribution < -0.4 is 4.90 Å². The maximum Gasteiger partial charge on any atom is 0.143 e. The molecular weight excluding hydrogens is 631 g/mol. The Kier molecular flexibility index (Phi) is 7.11. The van der Waals surface area contributed by atoms with E-state index in [9.17, 15) is 0 Å². The van der Waals surface area contributed by atoms with Crippen LogP contribution in [0.25, 0.3) is 43.8 Å². The third-order valence-electron chi connectivity index (χ3n) is 13.6. The molecule has 3 aliphatic carbocycles. The van der Waals surface area contributed by atoms with Crippen molar-refractivity contribution in [2.24, 2.45) is 17.8 Å². The summed E-state index contributed by atoms with van der Waals surface area (Å²) in [6.45, 7) is 11.9. The third kappa shape index (κ3) is 4.69. The summed E-state index contributed by atoms with van der Waals surface area (Å²) in [5.41, 5.74) is 14.0. The van der Waals surface area contributed by atoms with Gasteiger partial charge in [0, 0.05) is 38.3 Å². The van der Waals surface area contributed by atoms with Crippen LogP contribution in [0.5, 0.6) is 0 Å². The van der Waals surface area contributed by atoms with Gasteiger partial charge in [-0.15, -0.1) is 0 Å². The van der Waals surface area contributed by atoms with E-state index < -0.39 is 0 Å². The van der Waals surface area contributed by atoms with Crippen molar-refractivity contribution in [3.05, 3.63) is 138 Å². The second kappa shape index (κ2) is 11.6. The van der Waals surface area contributed by atoms with Crippen molar-refractivity contribution in [3.63, 3.8) is 0 Å². The second-order valence-corrected chi connectivity index (χ2v) is 17.3. The van der Waals surface area contributed by atoms with Gasteiger partial charge in [0.25, 0.3) is 0 Å². The number of anilines is 3. The van der Waals surface area contributed by atoms with E-state index in [-0.39, 0.29) is 5.41 Å². The molecule has 3 aliphatic rings. The van der Waals surface area contributed by atoms with Crippen LogP contribution in [0.15, 0.2) is 120 Å². The molecule has 4 atom stereocenters. The van der Waals surface area contributed by atoms with Gasteiger partial charge in [0.15, 0.2) is 0 Å². The van der Waals surface area contributed by atoms with E-state index in [1.807, 2.05) is 0 Å². The van der Waals surface area contributed by atoms with Crippen LogP contribution in [0.2, 0.25) is 0 Å². The summed E-state index contributed by atoms with van der Waals surface area (Å²) >= 11 is 0. The van der Waals surface area contributed by atoms with Crippen molar-refractivity contribution in [1.29, 1.82) is 0 Å². The first-order valence-electron chi connectivity index (χ1n) is 19.7. The summed E-state index contributed by atoms with van der Waals surface area (Å²) in [5, 5.41) is 4.72. The summed E-state index contributed by atoms with van der Waals surface area (Å²) < 4.78 is 6.64. The standard InChI is InChI=1S/C50H49NO/c1-6-33-25-34-24-31(2)28-50(29-33,30-34)35-18-20-36(21-19-35)51(37-22-23-39-38-13-9-10-16-43(38)49(4,5)44(39)26-37)45-27-42-47-32(3)12-11-17-46(47)52-48(42)41-15-8-7-14-40(41)45/h7-23,26-27,31,33-34H,6,24-25,28-30H2,1-5H3. The molecule has 2 bridgehead atoms. The molecule has 52 heavy (non-hydrogen) atoms. The van der Waals surface area contributed by atoms with Crippen LogP contribution in [0, 0.1) is 24.7 Å². The van der Waals surface area contributed by atoms with Crippen molar-refractivity contribution in [2.45, 2.75) is 84.0 Å². The second-order valence-electron chi connectivity index (χ2n) is 17.3. The summed E-state index contributed by atoms with van der Waals surface area (Å²) in [6.07, 6.45) is 8.13. The Bertz CT molecular complexity index is 2510. The zero-order valence-electron chi connectivity index (χ0n) is 31.3. The van der Waals surface area contributed by atoms with Crippen LogP contribution in [0.4, 0.5) is 17.1 Å². The molecule has 2 heteroatoms. The highest BCUT2D eigenvalue weighted by Crippen LogP contribution is 2.56. The normalized spacial score (nSPS) is 23.2. The molecule has 2 saturated carbocycles. The van der Waals surface area contributed by atoms with E-state index in [0.29, 0.717) is 5.41 Å². The summed E-state index contributed by atoms with van der Waals surface area (Å²) in [5.74, 6) is 2.49. The average molecular weight is 680 g/mol.